The molecule has 2 nitrogen and oxygen atoms in total. The van der Waals surface area contributed by atoms with E-state index in [1.54, 1.807) is 12.1 Å². The Kier molecular flexibility index (Phi) is 5.53. The van der Waals surface area contributed by atoms with Gasteiger partial charge in [0, 0.05) is 22.9 Å². The van der Waals surface area contributed by atoms with E-state index in [4.69, 9.17) is 0 Å². The van der Waals surface area contributed by atoms with Gasteiger partial charge in [0.15, 0.2) is 0 Å². The number of fused-ring (bicyclic) bond motifs is 2. The molecule has 5 rings (SSSR count). The lowest BCUT2D eigenvalue weighted by Gasteiger charge is -2.44. The van der Waals surface area contributed by atoms with Crippen molar-refractivity contribution in [1.82, 2.24) is 4.90 Å². The fraction of sp³-hybridized carbons (Fsp3) is 0.333. The van der Waals surface area contributed by atoms with E-state index in [1.165, 1.54) is 16.7 Å². The Bertz CT molecular complexity index is 1070. The Morgan fingerprint density at radius 1 is 0.871 bits per heavy atom. The van der Waals surface area contributed by atoms with E-state index in [9.17, 15) is 8.60 Å². The predicted octanol–water partition coefficient (Wildman–Crippen LogP) is 5.65. The van der Waals surface area contributed by atoms with Crippen molar-refractivity contribution < 1.29 is 8.60 Å². The van der Waals surface area contributed by atoms with Crippen LogP contribution in [-0.4, -0.2) is 33.5 Å². The molecular weight excluding hydrogens is 405 g/mol. The van der Waals surface area contributed by atoms with Crippen LogP contribution in [-0.2, 0) is 10.8 Å². The summed E-state index contributed by atoms with van der Waals surface area (Å²) in [5.41, 5.74) is 3.64. The monoisotopic (exact) mass is 433 g/mol. The minimum absolute atomic E-state index is 0.0772. The van der Waals surface area contributed by atoms with E-state index in [1.807, 2.05) is 42.5 Å². The predicted molar refractivity (Wildman–Crippen MR) is 124 cm³/mol. The molecule has 31 heavy (non-hydrogen) atoms. The number of rotatable bonds is 4. The second kappa shape index (κ2) is 8.33. The van der Waals surface area contributed by atoms with E-state index >= 15 is 0 Å². The number of likely N-dealkylation sites (N-methyl/N-ethyl adjacent to an activating group) is 1. The van der Waals surface area contributed by atoms with Gasteiger partial charge in [-0.05, 0) is 68.1 Å². The third-order valence-electron chi connectivity index (χ3n) is 7.27. The average molecular weight is 434 g/mol. The molecule has 2 aliphatic rings. The van der Waals surface area contributed by atoms with Crippen molar-refractivity contribution >= 4 is 10.8 Å². The van der Waals surface area contributed by atoms with Crippen molar-refractivity contribution in [3.63, 3.8) is 0 Å². The molecule has 6 atom stereocenters. The molecule has 2 heterocycles. The van der Waals surface area contributed by atoms with Gasteiger partial charge in [-0.25, -0.2) is 4.39 Å². The molecule has 3 aromatic rings. The summed E-state index contributed by atoms with van der Waals surface area (Å²) in [5.74, 6) is 0.304. The number of halogens is 1. The van der Waals surface area contributed by atoms with Gasteiger partial charge in [0.25, 0.3) is 0 Å². The quantitative estimate of drug-likeness (QED) is 0.530. The van der Waals surface area contributed by atoms with Crippen LogP contribution in [0.1, 0.15) is 41.4 Å². The van der Waals surface area contributed by atoms with Crippen LogP contribution in [0.4, 0.5) is 4.39 Å². The zero-order chi connectivity index (χ0) is 21.5. The first-order valence-electron chi connectivity index (χ1n) is 11.0. The smallest absolute Gasteiger partial charge is 0.123 e. The fourth-order valence-corrected chi connectivity index (χ4v) is 7.49. The molecule has 0 N–H and O–H groups in total. The van der Waals surface area contributed by atoms with Crippen molar-refractivity contribution in [2.75, 3.05) is 7.05 Å². The molecule has 0 amide bonds. The summed E-state index contributed by atoms with van der Waals surface area (Å²) in [4.78, 5) is 3.38. The SMILES string of the molecule is Cc1ccc([S@](=O)[C@@H]2C[C@H]3C[C@@H](c4ccc(F)cc4)[C@H](c4ccccc4)[C@@H]2N3C)cc1. The lowest BCUT2D eigenvalue weighted by atomic mass is 9.73. The molecule has 0 spiro atoms. The van der Waals surface area contributed by atoms with Crippen molar-refractivity contribution in [2.45, 2.75) is 53.8 Å². The summed E-state index contributed by atoms with van der Waals surface area (Å²) in [5, 5.41) is 0.0772. The highest BCUT2D eigenvalue weighted by atomic mass is 32.2. The van der Waals surface area contributed by atoms with Gasteiger partial charge in [0.05, 0.1) is 16.0 Å². The van der Waals surface area contributed by atoms with Crippen molar-refractivity contribution in [2.24, 2.45) is 0 Å². The van der Waals surface area contributed by atoms with Gasteiger partial charge in [-0.2, -0.15) is 0 Å². The molecule has 2 saturated heterocycles. The van der Waals surface area contributed by atoms with Gasteiger partial charge in [0.2, 0.25) is 0 Å². The number of hydrogen-bond acceptors (Lipinski definition) is 2. The van der Waals surface area contributed by atoms with Crippen LogP contribution >= 0.6 is 0 Å². The standard InChI is InChI=1S/C27H28FNOS/c1-18-8-14-23(15-9-18)31(30)25-17-22-16-24(19-10-12-21(28)13-11-19)26(27(25)29(22)2)20-6-4-3-5-7-20/h3-15,22,24-27H,16-17H2,1-2H3/t22-,24+,25-,26+,27-,31+/m1/s1. The van der Waals surface area contributed by atoms with Crippen LogP contribution < -0.4 is 0 Å². The molecule has 2 fully saturated rings. The topological polar surface area (TPSA) is 20.3 Å². The highest BCUT2D eigenvalue weighted by molar-refractivity contribution is 7.85. The molecule has 0 saturated carbocycles. The maximum absolute atomic E-state index is 13.7. The highest BCUT2D eigenvalue weighted by Crippen LogP contribution is 2.52. The first-order chi connectivity index (χ1) is 15.0. The Morgan fingerprint density at radius 3 is 2.23 bits per heavy atom. The molecule has 0 radical (unpaired) electrons. The summed E-state index contributed by atoms with van der Waals surface area (Å²) in [6.45, 7) is 2.06. The van der Waals surface area contributed by atoms with Gasteiger partial charge in [-0.15, -0.1) is 0 Å². The molecule has 2 aliphatic heterocycles. The van der Waals surface area contributed by atoms with E-state index in [0.717, 1.165) is 17.7 Å². The maximum Gasteiger partial charge on any atom is 0.123 e. The second-order valence-corrected chi connectivity index (χ2v) is 10.7. The Hall–Kier alpha value is -2.30. The van der Waals surface area contributed by atoms with Crippen LogP contribution in [0, 0.1) is 12.7 Å². The van der Waals surface area contributed by atoms with Crippen molar-refractivity contribution in [3.05, 3.63) is 101 Å². The summed E-state index contributed by atoms with van der Waals surface area (Å²) < 4.78 is 27.4. The first kappa shape index (κ1) is 20.6. The lowest BCUT2D eigenvalue weighted by molar-refractivity contribution is 0.138. The minimum Gasteiger partial charge on any atom is -0.299 e. The maximum atomic E-state index is 13.7. The second-order valence-electron chi connectivity index (χ2n) is 9.02. The van der Waals surface area contributed by atoms with Gasteiger partial charge >= 0.3 is 0 Å². The number of benzene rings is 3. The summed E-state index contributed by atoms with van der Waals surface area (Å²) in [6.07, 6.45) is 1.93. The van der Waals surface area contributed by atoms with E-state index in [2.05, 4.69) is 43.1 Å². The number of hydrogen-bond donors (Lipinski definition) is 0. The molecule has 0 aliphatic carbocycles. The first-order valence-corrected chi connectivity index (χ1v) is 12.2. The number of aryl methyl sites for hydroxylation is 1. The molecular formula is C27H28FNOS. The van der Waals surface area contributed by atoms with E-state index in [-0.39, 0.29) is 28.9 Å². The largest absolute Gasteiger partial charge is 0.299 e. The van der Waals surface area contributed by atoms with Crippen LogP contribution in [0.25, 0.3) is 0 Å². The summed E-state index contributed by atoms with van der Waals surface area (Å²) in [6, 6.07) is 26.3. The third kappa shape index (κ3) is 3.77. The zero-order valence-electron chi connectivity index (χ0n) is 17.9. The van der Waals surface area contributed by atoms with Crippen LogP contribution in [0.15, 0.2) is 83.8 Å². The molecule has 0 unspecified atom stereocenters. The number of nitrogens with zero attached hydrogens (tertiary/aromatic N) is 1. The van der Waals surface area contributed by atoms with Crippen LogP contribution in [0.2, 0.25) is 0 Å². The lowest BCUT2D eigenvalue weighted by Crippen LogP contribution is -2.47. The summed E-state index contributed by atoms with van der Waals surface area (Å²) >= 11 is 0. The Labute approximate surface area is 186 Å². The van der Waals surface area contributed by atoms with Gasteiger partial charge in [-0.1, -0.05) is 60.2 Å². The van der Waals surface area contributed by atoms with Gasteiger partial charge in [0.1, 0.15) is 5.82 Å². The molecule has 160 valence electrons. The van der Waals surface area contributed by atoms with E-state index in [0.29, 0.717) is 6.04 Å². The van der Waals surface area contributed by atoms with Crippen molar-refractivity contribution in [1.29, 1.82) is 0 Å². The normalized spacial score (nSPS) is 29.1. The van der Waals surface area contributed by atoms with Crippen LogP contribution in [0.5, 0.6) is 0 Å². The molecule has 3 aromatic carbocycles. The zero-order valence-corrected chi connectivity index (χ0v) is 18.8. The number of piperidine rings is 1. The third-order valence-corrected chi connectivity index (χ3v) is 9.03. The Balaban J connectivity index is 1.57. The average Bonchev–Trinajstić information content (AvgIpc) is 3.00. The molecule has 4 heteroatoms. The van der Waals surface area contributed by atoms with Crippen molar-refractivity contribution in [3.8, 4) is 0 Å². The van der Waals surface area contributed by atoms with Gasteiger partial charge < -0.3 is 0 Å². The fourth-order valence-electron chi connectivity index (χ4n) is 5.72. The molecule has 2 bridgehead atoms. The highest BCUT2D eigenvalue weighted by Gasteiger charge is 2.53. The summed E-state index contributed by atoms with van der Waals surface area (Å²) in [7, 11) is 1.12. The van der Waals surface area contributed by atoms with Gasteiger partial charge in [-0.3, -0.25) is 9.11 Å². The van der Waals surface area contributed by atoms with E-state index < -0.39 is 10.8 Å². The Morgan fingerprint density at radius 2 is 1.55 bits per heavy atom. The minimum atomic E-state index is -1.07. The molecule has 0 aromatic heterocycles. The van der Waals surface area contributed by atoms with Crippen LogP contribution in [0.3, 0.4) is 0 Å².